The lowest BCUT2D eigenvalue weighted by atomic mass is 10.0. The van der Waals surface area contributed by atoms with Crippen LogP contribution in [-0.2, 0) is 15.8 Å². The van der Waals surface area contributed by atoms with Crippen molar-refractivity contribution in [3.05, 3.63) is 47.8 Å². The molecule has 1 atom stereocenters. The van der Waals surface area contributed by atoms with Gasteiger partial charge in [-0.3, -0.25) is 14.5 Å². The monoisotopic (exact) mass is 461 g/mol. The number of primary amides is 1. The van der Waals surface area contributed by atoms with Crippen molar-refractivity contribution < 1.29 is 22.8 Å². The number of hydrogen-bond donors (Lipinski definition) is 4. The number of benzene rings is 1. The molecular weight excluding hydrogens is 439 g/mol. The molecule has 1 saturated heterocycles. The van der Waals surface area contributed by atoms with Crippen molar-refractivity contribution >= 4 is 34.4 Å². The first-order chi connectivity index (χ1) is 15.6. The molecule has 1 fully saturated rings. The van der Waals surface area contributed by atoms with Crippen LogP contribution < -0.4 is 21.7 Å². The number of amides is 2. The number of likely N-dealkylation sites (tertiary alicyclic amines) is 1. The van der Waals surface area contributed by atoms with Crippen molar-refractivity contribution in [2.24, 2.45) is 5.73 Å². The van der Waals surface area contributed by atoms with Gasteiger partial charge in [0, 0.05) is 11.9 Å². The number of piperidine rings is 1. The lowest BCUT2D eigenvalue weighted by Crippen LogP contribution is -2.44. The van der Waals surface area contributed by atoms with Gasteiger partial charge < -0.3 is 21.7 Å². The fourth-order valence-electron chi connectivity index (χ4n) is 3.87. The first-order valence-corrected chi connectivity index (χ1v) is 10.3. The van der Waals surface area contributed by atoms with Crippen LogP contribution in [0, 0.1) is 0 Å². The van der Waals surface area contributed by atoms with Gasteiger partial charge in [-0.25, -0.2) is 9.97 Å². The van der Waals surface area contributed by atoms with Crippen LogP contribution in [0.2, 0.25) is 0 Å². The summed E-state index contributed by atoms with van der Waals surface area (Å²) in [7, 11) is 1.91. The molecule has 1 aromatic carbocycles. The van der Waals surface area contributed by atoms with E-state index in [2.05, 4.69) is 25.9 Å². The van der Waals surface area contributed by atoms with Gasteiger partial charge >= 0.3 is 6.18 Å². The maximum atomic E-state index is 13.0. The summed E-state index contributed by atoms with van der Waals surface area (Å²) in [5.74, 6) is -1.54. The van der Waals surface area contributed by atoms with E-state index in [1.165, 1.54) is 0 Å². The predicted molar refractivity (Wildman–Crippen MR) is 116 cm³/mol. The molecule has 3 heterocycles. The minimum Gasteiger partial charge on any atom is -0.365 e. The van der Waals surface area contributed by atoms with Crippen LogP contribution in [0.15, 0.2) is 36.3 Å². The number of nitrogens with two attached hydrogens (primary N) is 1. The second-order valence-electron chi connectivity index (χ2n) is 7.87. The molecule has 2 amide bonds. The van der Waals surface area contributed by atoms with Gasteiger partial charge in [-0.05, 0) is 50.7 Å². The molecule has 1 aromatic heterocycles. The molecule has 2 aromatic rings. The van der Waals surface area contributed by atoms with Gasteiger partial charge in [-0.2, -0.15) is 13.2 Å². The number of nitrogens with zero attached hydrogens (tertiary/aromatic N) is 3. The summed E-state index contributed by atoms with van der Waals surface area (Å²) in [5, 5.41) is 8.72. The molecule has 2 aliphatic heterocycles. The van der Waals surface area contributed by atoms with E-state index in [0.717, 1.165) is 32.0 Å². The van der Waals surface area contributed by atoms with Gasteiger partial charge in [0.25, 0.3) is 5.91 Å². The van der Waals surface area contributed by atoms with E-state index in [4.69, 9.17) is 5.73 Å². The molecule has 9 nitrogen and oxygen atoms in total. The van der Waals surface area contributed by atoms with Crippen LogP contribution in [0.4, 0.5) is 30.2 Å². The SMILES string of the molecule is CN1CCCC[C@H]1C(=O)Nc1ccc2c(c1)NC(=C(C(N)=O)c1nccc(C(F)(F)F)n1)N2. The highest BCUT2D eigenvalue weighted by atomic mass is 19.4. The highest BCUT2D eigenvalue weighted by Gasteiger charge is 2.34. The molecular formula is C21H22F3N7O2. The van der Waals surface area contributed by atoms with Gasteiger partial charge in [-0.15, -0.1) is 0 Å². The van der Waals surface area contributed by atoms with Gasteiger partial charge in [0.15, 0.2) is 5.82 Å². The van der Waals surface area contributed by atoms with Gasteiger partial charge in [0.2, 0.25) is 5.91 Å². The molecule has 0 radical (unpaired) electrons. The maximum absolute atomic E-state index is 13.0. The van der Waals surface area contributed by atoms with Crippen LogP contribution in [0.1, 0.15) is 30.8 Å². The average Bonchev–Trinajstić information content (AvgIpc) is 3.16. The third kappa shape index (κ3) is 4.75. The van der Waals surface area contributed by atoms with Crippen molar-refractivity contribution in [3.8, 4) is 0 Å². The third-order valence-electron chi connectivity index (χ3n) is 5.55. The fraction of sp³-hybridized carbons (Fsp3) is 0.333. The standard InChI is InChI=1S/C21H22F3N7O2/c1-31-9-3-2-4-14(31)20(33)27-11-5-6-12-13(10-11)29-19(28-12)16(17(25)32)18-26-8-7-15(30-18)21(22,23)24/h5-8,10,14,28-29H,2-4,9H2,1H3,(H2,25,32)(H,27,33)/t14-/m0/s1. The molecule has 0 bridgehead atoms. The number of hydrogen-bond acceptors (Lipinski definition) is 7. The largest absolute Gasteiger partial charge is 0.433 e. The number of halogens is 3. The molecule has 12 heteroatoms. The molecule has 0 aliphatic carbocycles. The molecule has 174 valence electrons. The number of nitrogens with one attached hydrogen (secondary N) is 3. The van der Waals surface area contributed by atoms with E-state index < -0.39 is 23.6 Å². The lowest BCUT2D eigenvalue weighted by molar-refractivity contribution is -0.141. The van der Waals surface area contributed by atoms with Crippen LogP contribution in [0.25, 0.3) is 5.57 Å². The number of carbonyl (C=O) groups is 2. The van der Waals surface area contributed by atoms with Crippen molar-refractivity contribution in [2.45, 2.75) is 31.5 Å². The second kappa shape index (κ2) is 8.70. The molecule has 2 aliphatic rings. The minimum absolute atomic E-state index is 0.0484. The Morgan fingerprint density at radius 2 is 1.94 bits per heavy atom. The molecule has 0 saturated carbocycles. The Bertz CT molecular complexity index is 1130. The number of fused-ring (bicyclic) bond motifs is 1. The summed E-state index contributed by atoms with van der Waals surface area (Å²) in [5.41, 5.74) is 5.49. The van der Waals surface area contributed by atoms with Crippen molar-refractivity contribution in [1.29, 1.82) is 0 Å². The van der Waals surface area contributed by atoms with Crippen LogP contribution in [0.5, 0.6) is 0 Å². The zero-order valence-electron chi connectivity index (χ0n) is 17.7. The minimum atomic E-state index is -4.70. The normalized spacial score (nSPS) is 19.8. The maximum Gasteiger partial charge on any atom is 0.433 e. The summed E-state index contributed by atoms with van der Waals surface area (Å²) < 4.78 is 39.1. The first-order valence-electron chi connectivity index (χ1n) is 10.3. The Morgan fingerprint density at radius 3 is 2.64 bits per heavy atom. The predicted octanol–water partition coefficient (Wildman–Crippen LogP) is 2.61. The van der Waals surface area contributed by atoms with Crippen LogP contribution in [0.3, 0.4) is 0 Å². The van der Waals surface area contributed by atoms with Crippen LogP contribution in [-0.4, -0.2) is 46.3 Å². The zero-order valence-corrected chi connectivity index (χ0v) is 17.7. The first kappa shape index (κ1) is 22.5. The second-order valence-corrected chi connectivity index (χ2v) is 7.87. The summed E-state index contributed by atoms with van der Waals surface area (Å²) in [4.78, 5) is 34.0. The Morgan fingerprint density at radius 1 is 1.18 bits per heavy atom. The molecule has 5 N–H and O–H groups in total. The summed E-state index contributed by atoms with van der Waals surface area (Å²) in [6.07, 6.45) is -0.975. The third-order valence-corrected chi connectivity index (χ3v) is 5.55. The molecule has 4 rings (SSSR count). The number of likely N-dealkylation sites (N-methyl/N-ethyl adjacent to an activating group) is 1. The van der Waals surface area contributed by atoms with Crippen LogP contribution >= 0.6 is 0 Å². The van der Waals surface area contributed by atoms with E-state index in [0.29, 0.717) is 23.1 Å². The number of anilines is 3. The van der Waals surface area contributed by atoms with Gasteiger partial charge in [0.05, 0.1) is 17.4 Å². The topological polar surface area (TPSA) is 125 Å². The lowest BCUT2D eigenvalue weighted by Gasteiger charge is -2.31. The zero-order chi connectivity index (χ0) is 23.8. The van der Waals surface area contributed by atoms with E-state index in [1.54, 1.807) is 18.2 Å². The quantitative estimate of drug-likeness (QED) is 0.516. The molecule has 0 spiro atoms. The van der Waals surface area contributed by atoms with Crippen molar-refractivity contribution in [2.75, 3.05) is 29.5 Å². The van der Waals surface area contributed by atoms with Gasteiger partial charge in [-0.1, -0.05) is 6.42 Å². The summed E-state index contributed by atoms with van der Waals surface area (Å²) in [6.45, 7) is 0.857. The van der Waals surface area contributed by atoms with E-state index in [-0.39, 0.29) is 23.3 Å². The highest BCUT2D eigenvalue weighted by Crippen LogP contribution is 2.36. The number of aromatic nitrogens is 2. The number of rotatable bonds is 4. The Balaban J connectivity index is 1.58. The van der Waals surface area contributed by atoms with E-state index in [1.807, 2.05) is 11.9 Å². The fourth-order valence-corrected chi connectivity index (χ4v) is 3.87. The summed E-state index contributed by atoms with van der Waals surface area (Å²) in [6, 6.07) is 5.49. The van der Waals surface area contributed by atoms with E-state index in [9.17, 15) is 22.8 Å². The molecule has 0 unspecified atom stereocenters. The Labute approximate surface area is 187 Å². The molecule has 33 heavy (non-hydrogen) atoms. The number of carbonyl (C=O) groups excluding carboxylic acids is 2. The van der Waals surface area contributed by atoms with Gasteiger partial charge in [0.1, 0.15) is 17.1 Å². The van der Waals surface area contributed by atoms with E-state index >= 15 is 0 Å². The summed E-state index contributed by atoms with van der Waals surface area (Å²) >= 11 is 0. The number of alkyl halides is 3. The van der Waals surface area contributed by atoms with Crippen molar-refractivity contribution in [3.63, 3.8) is 0 Å². The average molecular weight is 461 g/mol. The Kier molecular flexibility index (Phi) is 5.93. The smallest absolute Gasteiger partial charge is 0.365 e. The van der Waals surface area contributed by atoms with Crippen molar-refractivity contribution in [1.82, 2.24) is 14.9 Å². The Hall–Kier alpha value is -3.67. The highest BCUT2D eigenvalue weighted by molar-refractivity contribution is 6.20.